The number of aromatic nitrogens is 3. The summed E-state index contributed by atoms with van der Waals surface area (Å²) in [7, 11) is 0. The van der Waals surface area contributed by atoms with E-state index in [0.29, 0.717) is 12.3 Å². The number of benzene rings is 1. The second-order valence-corrected chi connectivity index (χ2v) is 3.87. The minimum absolute atomic E-state index is 0.0619. The number of rotatable bonds is 4. The van der Waals surface area contributed by atoms with Gasteiger partial charge in [0, 0.05) is 0 Å². The fraction of sp³-hybridized carbons (Fsp3) is 0.308. The highest BCUT2D eigenvalue weighted by Crippen LogP contribution is 2.18. The van der Waals surface area contributed by atoms with Crippen LogP contribution in [0.4, 0.5) is 0 Å². The predicted molar refractivity (Wildman–Crippen MR) is 66.2 cm³/mol. The summed E-state index contributed by atoms with van der Waals surface area (Å²) in [5.74, 6) is -0.398. The van der Waals surface area contributed by atoms with Crippen LogP contribution in [-0.4, -0.2) is 27.6 Å². The Hall–Kier alpha value is -2.17. The van der Waals surface area contributed by atoms with E-state index in [1.54, 1.807) is 11.6 Å². The quantitative estimate of drug-likeness (QED) is 0.774. The lowest BCUT2D eigenvalue weighted by atomic mass is 10.1. The molecule has 1 atom stereocenters. The highest BCUT2D eigenvalue weighted by molar-refractivity contribution is 5.87. The molecule has 0 amide bonds. The Morgan fingerprint density at radius 3 is 2.78 bits per heavy atom. The normalized spacial score (nSPS) is 12.1. The molecular weight excluding hydrogens is 230 g/mol. The number of carbonyl (C=O) groups is 1. The standard InChI is InChI=1S/C13H15N3O2/c1-3-18-13(17)12-9-14-15-16(12)10(2)11-7-5-4-6-8-11/h4-10H,3H2,1-2H3/t10-/m1/s1. The minimum Gasteiger partial charge on any atom is -0.461 e. The molecule has 0 aliphatic heterocycles. The van der Waals surface area contributed by atoms with Gasteiger partial charge in [-0.05, 0) is 19.4 Å². The molecule has 18 heavy (non-hydrogen) atoms. The number of carbonyl (C=O) groups excluding carboxylic acids is 1. The average molecular weight is 245 g/mol. The van der Waals surface area contributed by atoms with Crippen molar-refractivity contribution >= 4 is 5.97 Å². The van der Waals surface area contributed by atoms with Gasteiger partial charge in [-0.2, -0.15) is 0 Å². The summed E-state index contributed by atoms with van der Waals surface area (Å²) in [6.45, 7) is 4.07. The first kappa shape index (κ1) is 12.3. The smallest absolute Gasteiger partial charge is 0.358 e. The Balaban J connectivity index is 2.29. The SMILES string of the molecule is CCOC(=O)c1cnnn1[C@H](C)c1ccccc1. The maximum Gasteiger partial charge on any atom is 0.358 e. The highest BCUT2D eigenvalue weighted by atomic mass is 16.5. The van der Waals surface area contributed by atoms with Gasteiger partial charge in [0.2, 0.25) is 0 Å². The molecule has 0 aliphatic rings. The molecule has 5 nitrogen and oxygen atoms in total. The van der Waals surface area contributed by atoms with Crippen molar-refractivity contribution in [1.29, 1.82) is 0 Å². The lowest BCUT2D eigenvalue weighted by Gasteiger charge is -2.14. The fourth-order valence-electron chi connectivity index (χ4n) is 1.75. The van der Waals surface area contributed by atoms with E-state index in [-0.39, 0.29) is 6.04 Å². The van der Waals surface area contributed by atoms with Crippen LogP contribution in [0.3, 0.4) is 0 Å². The lowest BCUT2D eigenvalue weighted by molar-refractivity contribution is 0.0510. The Bertz CT molecular complexity index is 522. The molecule has 0 radical (unpaired) electrons. The van der Waals surface area contributed by atoms with Crippen LogP contribution in [0.25, 0.3) is 0 Å². The number of hydrogen-bond acceptors (Lipinski definition) is 4. The zero-order valence-electron chi connectivity index (χ0n) is 10.4. The second kappa shape index (κ2) is 5.44. The summed E-state index contributed by atoms with van der Waals surface area (Å²) in [5.41, 5.74) is 1.43. The van der Waals surface area contributed by atoms with Crippen LogP contribution in [0.5, 0.6) is 0 Å². The summed E-state index contributed by atoms with van der Waals surface area (Å²) in [4.78, 5) is 11.7. The largest absolute Gasteiger partial charge is 0.461 e. The number of esters is 1. The summed E-state index contributed by atoms with van der Waals surface area (Å²) >= 11 is 0. The van der Waals surface area contributed by atoms with Crippen LogP contribution < -0.4 is 0 Å². The van der Waals surface area contributed by atoms with Gasteiger partial charge in [0.1, 0.15) is 0 Å². The monoisotopic (exact) mass is 245 g/mol. The fourth-order valence-corrected chi connectivity index (χ4v) is 1.75. The molecular formula is C13H15N3O2. The van der Waals surface area contributed by atoms with Gasteiger partial charge in [-0.15, -0.1) is 5.10 Å². The Morgan fingerprint density at radius 1 is 1.39 bits per heavy atom. The molecule has 0 fully saturated rings. The van der Waals surface area contributed by atoms with Crippen molar-refractivity contribution in [2.24, 2.45) is 0 Å². The molecule has 5 heteroatoms. The molecule has 0 saturated heterocycles. The van der Waals surface area contributed by atoms with Crippen molar-refractivity contribution < 1.29 is 9.53 Å². The molecule has 0 bridgehead atoms. The van der Waals surface area contributed by atoms with Crippen LogP contribution in [0.1, 0.15) is 35.9 Å². The minimum atomic E-state index is -0.398. The van der Waals surface area contributed by atoms with Gasteiger partial charge in [0.15, 0.2) is 5.69 Å². The van der Waals surface area contributed by atoms with Crippen LogP contribution >= 0.6 is 0 Å². The van der Waals surface area contributed by atoms with Gasteiger partial charge < -0.3 is 4.74 Å². The molecule has 94 valence electrons. The molecule has 0 spiro atoms. The van der Waals surface area contributed by atoms with E-state index in [4.69, 9.17) is 4.74 Å². The molecule has 1 heterocycles. The van der Waals surface area contributed by atoms with E-state index in [1.165, 1.54) is 6.20 Å². The Labute approximate surface area is 105 Å². The maximum absolute atomic E-state index is 11.7. The van der Waals surface area contributed by atoms with E-state index in [2.05, 4.69) is 10.3 Å². The first-order valence-corrected chi connectivity index (χ1v) is 5.86. The highest BCUT2D eigenvalue weighted by Gasteiger charge is 2.19. The summed E-state index contributed by atoms with van der Waals surface area (Å²) in [5, 5.41) is 7.75. The maximum atomic E-state index is 11.7. The molecule has 1 aromatic carbocycles. The van der Waals surface area contributed by atoms with E-state index in [0.717, 1.165) is 5.56 Å². The first-order valence-electron chi connectivity index (χ1n) is 5.86. The zero-order valence-corrected chi connectivity index (χ0v) is 10.4. The van der Waals surface area contributed by atoms with Crippen LogP contribution in [0, 0.1) is 0 Å². The molecule has 0 aliphatic carbocycles. The van der Waals surface area contributed by atoms with E-state index in [1.807, 2.05) is 37.3 Å². The average Bonchev–Trinajstić information content (AvgIpc) is 2.88. The van der Waals surface area contributed by atoms with E-state index in [9.17, 15) is 4.79 Å². The number of nitrogens with zero attached hydrogens (tertiary/aromatic N) is 3. The van der Waals surface area contributed by atoms with Crippen LogP contribution in [0.2, 0.25) is 0 Å². The third-order valence-electron chi connectivity index (χ3n) is 2.71. The van der Waals surface area contributed by atoms with Crippen molar-refractivity contribution in [3.8, 4) is 0 Å². The van der Waals surface area contributed by atoms with E-state index < -0.39 is 5.97 Å². The van der Waals surface area contributed by atoms with Crippen molar-refractivity contribution in [2.75, 3.05) is 6.61 Å². The van der Waals surface area contributed by atoms with Gasteiger partial charge in [0.05, 0.1) is 18.8 Å². The van der Waals surface area contributed by atoms with Crippen LogP contribution in [-0.2, 0) is 4.74 Å². The van der Waals surface area contributed by atoms with Gasteiger partial charge >= 0.3 is 5.97 Å². The third kappa shape index (κ3) is 2.40. The molecule has 0 saturated carbocycles. The third-order valence-corrected chi connectivity index (χ3v) is 2.71. The summed E-state index contributed by atoms with van der Waals surface area (Å²) in [6.07, 6.45) is 1.43. The predicted octanol–water partition coefficient (Wildman–Crippen LogP) is 2.06. The lowest BCUT2D eigenvalue weighted by Crippen LogP contribution is -2.17. The van der Waals surface area contributed by atoms with Gasteiger partial charge in [-0.1, -0.05) is 35.5 Å². The Morgan fingerprint density at radius 2 is 2.11 bits per heavy atom. The summed E-state index contributed by atoms with van der Waals surface area (Å²) in [6, 6.07) is 9.76. The second-order valence-electron chi connectivity index (χ2n) is 3.87. The van der Waals surface area contributed by atoms with Crippen molar-refractivity contribution in [1.82, 2.24) is 15.0 Å². The molecule has 2 rings (SSSR count). The van der Waals surface area contributed by atoms with Crippen molar-refractivity contribution in [3.05, 3.63) is 47.8 Å². The van der Waals surface area contributed by atoms with Crippen molar-refractivity contribution in [2.45, 2.75) is 19.9 Å². The van der Waals surface area contributed by atoms with Gasteiger partial charge in [-0.25, -0.2) is 9.48 Å². The first-order chi connectivity index (χ1) is 8.74. The van der Waals surface area contributed by atoms with Gasteiger partial charge in [0.25, 0.3) is 0 Å². The summed E-state index contributed by atoms with van der Waals surface area (Å²) < 4.78 is 6.55. The zero-order chi connectivity index (χ0) is 13.0. The number of ether oxygens (including phenoxy) is 1. The topological polar surface area (TPSA) is 57.0 Å². The number of hydrogen-bond donors (Lipinski definition) is 0. The van der Waals surface area contributed by atoms with Gasteiger partial charge in [-0.3, -0.25) is 0 Å². The van der Waals surface area contributed by atoms with E-state index >= 15 is 0 Å². The molecule has 0 unspecified atom stereocenters. The van der Waals surface area contributed by atoms with Crippen LogP contribution in [0.15, 0.2) is 36.5 Å². The molecule has 2 aromatic rings. The van der Waals surface area contributed by atoms with Crippen molar-refractivity contribution in [3.63, 3.8) is 0 Å². The molecule has 0 N–H and O–H groups in total. The Kier molecular flexibility index (Phi) is 3.72. The molecule has 1 aromatic heterocycles.